The summed E-state index contributed by atoms with van der Waals surface area (Å²) < 4.78 is 3.92. The van der Waals surface area contributed by atoms with Crippen LogP contribution in [0.1, 0.15) is 32.9 Å². The van der Waals surface area contributed by atoms with Gasteiger partial charge in [-0.05, 0) is 37.5 Å². The first kappa shape index (κ1) is 15.6. The number of aryl methyl sites for hydroxylation is 2. The van der Waals surface area contributed by atoms with Crippen molar-refractivity contribution in [3.05, 3.63) is 26.9 Å². The molecule has 0 atom stereocenters. The maximum Gasteiger partial charge on any atom is 0.277 e. The molecule has 0 spiro atoms. The second kappa shape index (κ2) is 6.34. The lowest BCUT2D eigenvalue weighted by atomic mass is 10.2. The third kappa shape index (κ3) is 3.29. The molecule has 0 aromatic carbocycles. The predicted molar refractivity (Wildman–Crippen MR) is 84.8 cm³/mol. The first-order chi connectivity index (χ1) is 9.93. The van der Waals surface area contributed by atoms with Crippen LogP contribution < -0.4 is 5.56 Å². The highest BCUT2D eigenvalue weighted by Gasteiger charge is 2.16. The molecule has 1 N–H and O–H groups in total. The number of nitrogens with zero attached hydrogens (tertiary/aromatic N) is 4. The fourth-order valence-corrected chi connectivity index (χ4v) is 2.46. The topological polar surface area (TPSA) is 68.5 Å². The van der Waals surface area contributed by atoms with Crippen molar-refractivity contribution in [3.63, 3.8) is 0 Å². The van der Waals surface area contributed by atoms with Crippen LogP contribution in [0, 0.1) is 17.6 Å². The van der Waals surface area contributed by atoms with Gasteiger partial charge < -0.3 is 0 Å². The van der Waals surface area contributed by atoms with Crippen molar-refractivity contribution in [1.29, 1.82) is 0 Å². The van der Waals surface area contributed by atoms with E-state index in [4.69, 9.17) is 12.2 Å². The molecule has 0 amide bonds. The Bertz CT molecular complexity index is 741. The van der Waals surface area contributed by atoms with Gasteiger partial charge in [-0.3, -0.25) is 14.5 Å². The second-order valence-electron chi connectivity index (χ2n) is 5.58. The van der Waals surface area contributed by atoms with Gasteiger partial charge in [0.1, 0.15) is 0 Å². The summed E-state index contributed by atoms with van der Waals surface area (Å²) in [4.78, 5) is 12.6. The van der Waals surface area contributed by atoms with Gasteiger partial charge in [0, 0.05) is 13.1 Å². The van der Waals surface area contributed by atoms with E-state index in [0.29, 0.717) is 28.6 Å². The van der Waals surface area contributed by atoms with Gasteiger partial charge in [0.25, 0.3) is 5.56 Å². The van der Waals surface area contributed by atoms with Crippen molar-refractivity contribution in [2.75, 3.05) is 0 Å². The lowest BCUT2D eigenvalue weighted by Crippen LogP contribution is -2.26. The molecule has 21 heavy (non-hydrogen) atoms. The van der Waals surface area contributed by atoms with Crippen molar-refractivity contribution in [2.45, 2.75) is 47.2 Å². The average Bonchev–Trinajstić information content (AvgIpc) is 2.75. The summed E-state index contributed by atoms with van der Waals surface area (Å²) in [5, 5.41) is 11.3. The van der Waals surface area contributed by atoms with Gasteiger partial charge in [0.2, 0.25) is 0 Å². The Morgan fingerprint density at radius 3 is 2.76 bits per heavy atom. The summed E-state index contributed by atoms with van der Waals surface area (Å²) >= 11 is 5.27. The molecule has 0 unspecified atom stereocenters. The van der Waals surface area contributed by atoms with Gasteiger partial charge in [-0.15, -0.1) is 0 Å². The van der Waals surface area contributed by atoms with Crippen LogP contribution in [0.25, 0.3) is 11.4 Å². The molecule has 0 saturated heterocycles. The number of aromatic nitrogens is 5. The fraction of sp³-hybridized carbons (Fsp3) is 0.571. The van der Waals surface area contributed by atoms with E-state index >= 15 is 0 Å². The van der Waals surface area contributed by atoms with E-state index in [1.807, 2.05) is 18.4 Å². The van der Waals surface area contributed by atoms with E-state index in [-0.39, 0.29) is 5.56 Å². The van der Waals surface area contributed by atoms with E-state index < -0.39 is 0 Å². The van der Waals surface area contributed by atoms with E-state index in [1.54, 1.807) is 6.07 Å². The molecule has 0 aliphatic heterocycles. The summed E-state index contributed by atoms with van der Waals surface area (Å²) in [5.74, 6) is 1.00. The molecular formula is C14H21N5OS. The lowest BCUT2D eigenvalue weighted by Gasteiger charge is -2.11. The third-order valence-electron chi connectivity index (χ3n) is 3.08. The number of aromatic amines is 1. The summed E-state index contributed by atoms with van der Waals surface area (Å²) in [6, 6.07) is 1.77. The lowest BCUT2D eigenvalue weighted by molar-refractivity contribution is 0.519. The number of hydrogen-bond acceptors (Lipinski definition) is 4. The molecule has 2 rings (SSSR count). The highest BCUT2D eigenvalue weighted by molar-refractivity contribution is 7.71. The largest absolute Gasteiger partial charge is 0.300 e. The standard InChI is InChI=1S/C14H21N5OS/c1-5-6-19-13(20)11(7-10(4)17-19)12-15-16-14(21)18(12)8-9(2)3/h7,9H,5-6,8H2,1-4H3,(H,16,21). The van der Waals surface area contributed by atoms with Crippen LogP contribution in [0.4, 0.5) is 0 Å². The molecule has 114 valence electrons. The van der Waals surface area contributed by atoms with E-state index in [2.05, 4.69) is 29.1 Å². The Kier molecular flexibility index (Phi) is 4.72. The molecule has 0 bridgehead atoms. The maximum absolute atomic E-state index is 12.6. The molecule has 2 aromatic heterocycles. The van der Waals surface area contributed by atoms with Crippen molar-refractivity contribution in [3.8, 4) is 11.4 Å². The van der Waals surface area contributed by atoms with Crippen molar-refractivity contribution in [2.24, 2.45) is 5.92 Å². The minimum absolute atomic E-state index is 0.124. The van der Waals surface area contributed by atoms with Crippen LogP contribution >= 0.6 is 12.2 Å². The first-order valence-electron chi connectivity index (χ1n) is 7.18. The Hall–Kier alpha value is -1.76. The van der Waals surface area contributed by atoms with Crippen molar-refractivity contribution >= 4 is 12.2 Å². The zero-order valence-electron chi connectivity index (χ0n) is 12.9. The van der Waals surface area contributed by atoms with E-state index in [0.717, 1.165) is 18.7 Å². The SMILES string of the molecule is CCCn1nc(C)cc(-c2n[nH]c(=S)n2CC(C)C)c1=O. The van der Waals surface area contributed by atoms with Crippen LogP contribution in [0.5, 0.6) is 0 Å². The minimum Gasteiger partial charge on any atom is -0.300 e. The summed E-state index contributed by atoms with van der Waals surface area (Å²) in [5.41, 5.74) is 1.22. The van der Waals surface area contributed by atoms with Gasteiger partial charge in [-0.25, -0.2) is 4.68 Å². The first-order valence-corrected chi connectivity index (χ1v) is 7.59. The van der Waals surface area contributed by atoms with Crippen LogP contribution in [0.2, 0.25) is 0 Å². The molecule has 7 heteroatoms. The molecule has 0 fully saturated rings. The minimum atomic E-state index is -0.124. The monoisotopic (exact) mass is 307 g/mol. The average molecular weight is 307 g/mol. The molecule has 2 heterocycles. The Morgan fingerprint density at radius 1 is 1.43 bits per heavy atom. The van der Waals surface area contributed by atoms with Crippen LogP contribution in [0.15, 0.2) is 10.9 Å². The van der Waals surface area contributed by atoms with Crippen LogP contribution in [0.3, 0.4) is 0 Å². The Balaban J connectivity index is 2.62. The number of rotatable bonds is 5. The van der Waals surface area contributed by atoms with Crippen molar-refractivity contribution in [1.82, 2.24) is 24.5 Å². The third-order valence-corrected chi connectivity index (χ3v) is 3.39. The molecular weight excluding hydrogens is 286 g/mol. The molecule has 2 aromatic rings. The normalized spacial score (nSPS) is 11.3. The number of hydrogen-bond donors (Lipinski definition) is 1. The van der Waals surface area contributed by atoms with Gasteiger partial charge in [-0.2, -0.15) is 10.2 Å². The molecule has 0 aliphatic carbocycles. The second-order valence-corrected chi connectivity index (χ2v) is 5.97. The predicted octanol–water partition coefficient (Wildman–Crippen LogP) is 2.54. The smallest absolute Gasteiger partial charge is 0.277 e. The quantitative estimate of drug-likeness (QED) is 0.862. The number of H-pyrrole nitrogens is 1. The Labute approximate surface area is 128 Å². The highest BCUT2D eigenvalue weighted by atomic mass is 32.1. The Morgan fingerprint density at radius 2 is 2.14 bits per heavy atom. The van der Waals surface area contributed by atoms with Crippen LogP contribution in [-0.4, -0.2) is 24.5 Å². The zero-order valence-corrected chi connectivity index (χ0v) is 13.7. The van der Waals surface area contributed by atoms with E-state index in [1.165, 1.54) is 4.68 Å². The highest BCUT2D eigenvalue weighted by Crippen LogP contribution is 2.15. The van der Waals surface area contributed by atoms with Gasteiger partial charge in [-0.1, -0.05) is 20.8 Å². The van der Waals surface area contributed by atoms with Gasteiger partial charge >= 0.3 is 0 Å². The zero-order chi connectivity index (χ0) is 15.6. The summed E-state index contributed by atoms with van der Waals surface area (Å²) in [6.07, 6.45) is 0.856. The van der Waals surface area contributed by atoms with Gasteiger partial charge in [0.15, 0.2) is 10.6 Å². The molecule has 6 nitrogen and oxygen atoms in total. The van der Waals surface area contributed by atoms with E-state index in [9.17, 15) is 4.79 Å². The maximum atomic E-state index is 12.6. The summed E-state index contributed by atoms with van der Waals surface area (Å²) in [6.45, 7) is 9.42. The fourth-order valence-electron chi connectivity index (χ4n) is 2.26. The summed E-state index contributed by atoms with van der Waals surface area (Å²) in [7, 11) is 0. The van der Waals surface area contributed by atoms with Crippen LogP contribution in [-0.2, 0) is 13.1 Å². The molecule has 0 radical (unpaired) electrons. The van der Waals surface area contributed by atoms with Gasteiger partial charge in [0.05, 0.1) is 11.3 Å². The van der Waals surface area contributed by atoms with Crippen molar-refractivity contribution < 1.29 is 0 Å². The molecule has 0 aliphatic rings. The molecule has 0 saturated carbocycles. The number of nitrogens with one attached hydrogen (secondary N) is 1.